The molecule has 108 valence electrons. The molecule has 1 unspecified atom stereocenters. The van der Waals surface area contributed by atoms with Gasteiger partial charge in [0.2, 0.25) is 0 Å². The molecule has 0 aliphatic carbocycles. The summed E-state index contributed by atoms with van der Waals surface area (Å²) >= 11 is 5.50. The lowest BCUT2D eigenvalue weighted by atomic mass is 9.78. The molecular weight excluding hydrogens is 320 g/mol. The molecule has 0 spiro atoms. The molecule has 2 nitrogen and oxygen atoms in total. The SMILES string of the molecule is CCC1(C)CCN(C(CN)c2cc(Br)c(C)s2)CC1. The molecule has 2 N–H and O–H groups in total. The van der Waals surface area contributed by atoms with Gasteiger partial charge >= 0.3 is 0 Å². The number of nitrogens with two attached hydrogens (primary N) is 1. The van der Waals surface area contributed by atoms with Gasteiger partial charge in [-0.15, -0.1) is 11.3 Å². The van der Waals surface area contributed by atoms with Crippen LogP contribution in [0.25, 0.3) is 0 Å². The molecule has 0 bridgehead atoms. The maximum absolute atomic E-state index is 6.04. The van der Waals surface area contributed by atoms with Crippen molar-refractivity contribution in [2.75, 3.05) is 19.6 Å². The maximum Gasteiger partial charge on any atom is 0.0564 e. The highest BCUT2D eigenvalue weighted by Gasteiger charge is 2.32. The summed E-state index contributed by atoms with van der Waals surface area (Å²) in [7, 11) is 0. The highest BCUT2D eigenvalue weighted by molar-refractivity contribution is 9.10. The molecule has 0 aromatic carbocycles. The second-order valence-electron chi connectivity index (χ2n) is 6.00. The number of aryl methyl sites for hydroxylation is 1. The van der Waals surface area contributed by atoms with Crippen molar-refractivity contribution in [3.8, 4) is 0 Å². The number of halogens is 1. The Bertz CT molecular complexity index is 402. The van der Waals surface area contributed by atoms with Gasteiger partial charge < -0.3 is 5.73 Å². The summed E-state index contributed by atoms with van der Waals surface area (Å²) in [5.41, 5.74) is 6.59. The van der Waals surface area contributed by atoms with Gasteiger partial charge in [-0.05, 0) is 60.3 Å². The molecule has 2 rings (SSSR count). The normalized spacial score (nSPS) is 21.5. The van der Waals surface area contributed by atoms with Crippen molar-refractivity contribution in [1.82, 2.24) is 4.90 Å². The molecule has 1 aromatic heterocycles. The Balaban J connectivity index is 2.07. The van der Waals surface area contributed by atoms with Gasteiger partial charge in [0.15, 0.2) is 0 Å². The molecule has 0 amide bonds. The zero-order valence-corrected chi connectivity index (χ0v) is 14.6. The van der Waals surface area contributed by atoms with Crippen LogP contribution in [-0.4, -0.2) is 24.5 Å². The van der Waals surface area contributed by atoms with E-state index in [1.807, 2.05) is 11.3 Å². The average molecular weight is 345 g/mol. The molecule has 2 heterocycles. The van der Waals surface area contributed by atoms with Crippen molar-refractivity contribution < 1.29 is 0 Å². The first-order valence-electron chi connectivity index (χ1n) is 7.19. The predicted molar refractivity (Wildman–Crippen MR) is 87.8 cm³/mol. The molecule has 1 atom stereocenters. The minimum absolute atomic E-state index is 0.399. The number of nitrogens with zero attached hydrogens (tertiary/aromatic N) is 1. The third kappa shape index (κ3) is 3.41. The van der Waals surface area contributed by atoms with Crippen molar-refractivity contribution in [2.45, 2.75) is 46.1 Å². The fourth-order valence-corrected chi connectivity index (χ4v) is 4.53. The third-order valence-corrected chi connectivity index (χ3v) is 6.97. The Morgan fingerprint density at radius 2 is 2.11 bits per heavy atom. The summed E-state index contributed by atoms with van der Waals surface area (Å²) in [5, 5.41) is 0. The first-order valence-corrected chi connectivity index (χ1v) is 8.80. The lowest BCUT2D eigenvalue weighted by Gasteiger charge is -2.42. The number of hydrogen-bond acceptors (Lipinski definition) is 3. The van der Waals surface area contributed by atoms with E-state index in [1.165, 1.54) is 46.6 Å². The van der Waals surface area contributed by atoms with E-state index in [9.17, 15) is 0 Å². The van der Waals surface area contributed by atoms with Crippen LogP contribution in [0.3, 0.4) is 0 Å². The van der Waals surface area contributed by atoms with Crippen molar-refractivity contribution in [2.24, 2.45) is 11.1 Å². The Labute approximate surface area is 129 Å². The van der Waals surface area contributed by atoms with E-state index in [1.54, 1.807) is 0 Å². The molecule has 4 heteroatoms. The van der Waals surface area contributed by atoms with E-state index in [0.29, 0.717) is 11.5 Å². The van der Waals surface area contributed by atoms with Crippen LogP contribution in [0.15, 0.2) is 10.5 Å². The van der Waals surface area contributed by atoms with Crippen LogP contribution in [0.2, 0.25) is 0 Å². The van der Waals surface area contributed by atoms with Crippen LogP contribution in [0.1, 0.15) is 48.9 Å². The maximum atomic E-state index is 6.04. The van der Waals surface area contributed by atoms with Crippen LogP contribution in [0.4, 0.5) is 0 Å². The van der Waals surface area contributed by atoms with Gasteiger partial charge in [0, 0.05) is 20.8 Å². The van der Waals surface area contributed by atoms with E-state index in [-0.39, 0.29) is 0 Å². The van der Waals surface area contributed by atoms with Crippen LogP contribution in [0.5, 0.6) is 0 Å². The molecule has 1 saturated heterocycles. The highest BCUT2D eigenvalue weighted by Crippen LogP contribution is 2.39. The number of piperidine rings is 1. The van der Waals surface area contributed by atoms with Gasteiger partial charge in [0.05, 0.1) is 6.04 Å². The fourth-order valence-electron chi connectivity index (χ4n) is 2.82. The van der Waals surface area contributed by atoms with Crippen LogP contribution < -0.4 is 5.73 Å². The molecule has 0 radical (unpaired) electrons. The van der Waals surface area contributed by atoms with E-state index in [0.717, 1.165) is 6.54 Å². The van der Waals surface area contributed by atoms with Gasteiger partial charge in [-0.2, -0.15) is 0 Å². The summed E-state index contributed by atoms with van der Waals surface area (Å²) in [5.74, 6) is 0. The summed E-state index contributed by atoms with van der Waals surface area (Å²) in [6.45, 7) is 9.98. The minimum Gasteiger partial charge on any atom is -0.329 e. The predicted octanol–water partition coefficient (Wildman–Crippen LogP) is 4.33. The molecule has 0 saturated carbocycles. The smallest absolute Gasteiger partial charge is 0.0564 e. The van der Waals surface area contributed by atoms with E-state index in [2.05, 4.69) is 47.7 Å². The Hall–Kier alpha value is 0.1000. The number of thiophene rings is 1. The Morgan fingerprint density at radius 1 is 1.47 bits per heavy atom. The van der Waals surface area contributed by atoms with E-state index >= 15 is 0 Å². The van der Waals surface area contributed by atoms with Crippen LogP contribution in [0, 0.1) is 12.3 Å². The lowest BCUT2D eigenvalue weighted by molar-refractivity contribution is 0.0840. The monoisotopic (exact) mass is 344 g/mol. The average Bonchev–Trinajstić information content (AvgIpc) is 2.73. The topological polar surface area (TPSA) is 29.3 Å². The van der Waals surface area contributed by atoms with Crippen molar-refractivity contribution in [3.63, 3.8) is 0 Å². The zero-order valence-electron chi connectivity index (χ0n) is 12.2. The second kappa shape index (κ2) is 6.25. The quantitative estimate of drug-likeness (QED) is 0.880. The van der Waals surface area contributed by atoms with Crippen molar-refractivity contribution in [1.29, 1.82) is 0 Å². The van der Waals surface area contributed by atoms with Crippen molar-refractivity contribution in [3.05, 3.63) is 20.3 Å². The molecule has 1 aromatic rings. The van der Waals surface area contributed by atoms with Gasteiger partial charge in [0.1, 0.15) is 0 Å². The first kappa shape index (κ1) is 15.5. The number of hydrogen-bond donors (Lipinski definition) is 1. The second-order valence-corrected chi connectivity index (χ2v) is 8.15. The largest absolute Gasteiger partial charge is 0.329 e. The highest BCUT2D eigenvalue weighted by atomic mass is 79.9. The van der Waals surface area contributed by atoms with Crippen LogP contribution in [-0.2, 0) is 0 Å². The fraction of sp³-hybridized carbons (Fsp3) is 0.733. The van der Waals surface area contributed by atoms with Gasteiger partial charge in [-0.25, -0.2) is 0 Å². The third-order valence-electron chi connectivity index (χ3n) is 4.73. The molecular formula is C15H25BrN2S. The summed E-state index contributed by atoms with van der Waals surface area (Å²) in [6.07, 6.45) is 3.88. The number of likely N-dealkylation sites (tertiary alicyclic amines) is 1. The Kier molecular flexibility index (Phi) is 5.09. The van der Waals surface area contributed by atoms with Crippen LogP contribution >= 0.6 is 27.3 Å². The van der Waals surface area contributed by atoms with Gasteiger partial charge in [-0.3, -0.25) is 4.90 Å². The van der Waals surface area contributed by atoms with Gasteiger partial charge in [0.25, 0.3) is 0 Å². The van der Waals surface area contributed by atoms with E-state index in [4.69, 9.17) is 5.73 Å². The van der Waals surface area contributed by atoms with Gasteiger partial charge in [-0.1, -0.05) is 20.3 Å². The lowest BCUT2D eigenvalue weighted by Crippen LogP contribution is -2.42. The summed E-state index contributed by atoms with van der Waals surface area (Å²) in [4.78, 5) is 5.34. The molecule has 1 aliphatic heterocycles. The molecule has 1 aliphatic rings. The first-order chi connectivity index (χ1) is 8.99. The summed E-state index contributed by atoms with van der Waals surface area (Å²) in [6, 6.07) is 2.65. The molecule has 1 fully saturated rings. The van der Waals surface area contributed by atoms with E-state index < -0.39 is 0 Å². The number of rotatable bonds is 4. The summed E-state index contributed by atoms with van der Waals surface area (Å²) < 4.78 is 1.22. The van der Waals surface area contributed by atoms with Crippen molar-refractivity contribution >= 4 is 27.3 Å². The minimum atomic E-state index is 0.399. The molecule has 19 heavy (non-hydrogen) atoms. The zero-order chi connectivity index (χ0) is 14.0. The Morgan fingerprint density at radius 3 is 2.53 bits per heavy atom. The standard InChI is InChI=1S/C15H25BrN2S/c1-4-15(3)5-7-18(8-6-15)13(10-17)14-9-12(16)11(2)19-14/h9,13H,4-8,10,17H2,1-3H3.